The average Bonchev–Trinajstić information content (AvgIpc) is 2.75. The molecule has 0 aliphatic carbocycles. The van der Waals surface area contributed by atoms with Crippen molar-refractivity contribution in [2.24, 2.45) is 4.99 Å². The van der Waals surface area contributed by atoms with E-state index in [4.69, 9.17) is 0 Å². The summed E-state index contributed by atoms with van der Waals surface area (Å²) in [6.07, 6.45) is 5.01. The van der Waals surface area contributed by atoms with Crippen LogP contribution in [0.2, 0.25) is 0 Å². The molecule has 0 spiro atoms. The molecular formula is C18H24FN3O2S. The third-order valence-corrected chi connectivity index (χ3v) is 6.23. The van der Waals surface area contributed by atoms with Crippen molar-refractivity contribution >= 4 is 20.8 Å². The maximum Gasteiger partial charge on any atom is 0.264 e. The Kier molecular flexibility index (Phi) is 5.54. The van der Waals surface area contributed by atoms with Crippen molar-refractivity contribution < 1.29 is 12.8 Å². The summed E-state index contributed by atoms with van der Waals surface area (Å²) >= 11 is 0. The van der Waals surface area contributed by atoms with Crippen LogP contribution in [-0.2, 0) is 10.0 Å². The van der Waals surface area contributed by atoms with Gasteiger partial charge in [0.05, 0.1) is 6.54 Å². The van der Waals surface area contributed by atoms with E-state index in [1.807, 2.05) is 0 Å². The Labute approximate surface area is 148 Å². The molecule has 0 atom stereocenters. The van der Waals surface area contributed by atoms with Crippen molar-refractivity contribution in [2.45, 2.75) is 32.6 Å². The van der Waals surface area contributed by atoms with Gasteiger partial charge in [-0.1, -0.05) is 25.0 Å². The van der Waals surface area contributed by atoms with Crippen LogP contribution in [0.3, 0.4) is 0 Å². The Morgan fingerprint density at radius 2 is 1.76 bits per heavy atom. The first-order valence-electron chi connectivity index (χ1n) is 8.74. The van der Waals surface area contributed by atoms with Crippen molar-refractivity contribution in [2.75, 3.05) is 26.2 Å². The highest BCUT2D eigenvalue weighted by Crippen LogP contribution is 2.29. The normalized spacial score (nSPS) is 22.9. The standard InChI is InChI=1S/C18H24FN3O2S/c1-14-17(15-6-8-16(19)9-7-15)25(23,24)21-18(14)20-10-13-22-11-4-2-3-5-12-22/h6-9H,2-5,10-13H2,1H3,(H,20,21). The van der Waals surface area contributed by atoms with Gasteiger partial charge in [-0.2, -0.15) is 0 Å². The quantitative estimate of drug-likeness (QED) is 0.892. The Hall–Kier alpha value is -1.73. The number of amidine groups is 1. The lowest BCUT2D eigenvalue weighted by atomic mass is 10.1. The summed E-state index contributed by atoms with van der Waals surface area (Å²) < 4.78 is 40.5. The van der Waals surface area contributed by atoms with Crippen LogP contribution in [0, 0.1) is 5.82 Å². The number of hydrogen-bond acceptors (Lipinski definition) is 4. The summed E-state index contributed by atoms with van der Waals surface area (Å²) in [6, 6.07) is 5.49. The van der Waals surface area contributed by atoms with Crippen LogP contribution in [0.4, 0.5) is 4.39 Å². The SMILES string of the molecule is CC1=C(c2ccc(F)cc2)S(=O)(=O)NC1=NCCN1CCCCCC1. The number of sulfonamides is 1. The third kappa shape index (κ3) is 4.27. The molecule has 2 aliphatic rings. The average molecular weight is 365 g/mol. The predicted octanol–water partition coefficient (Wildman–Crippen LogP) is 2.76. The highest BCUT2D eigenvalue weighted by Gasteiger charge is 2.32. The van der Waals surface area contributed by atoms with E-state index in [2.05, 4.69) is 14.6 Å². The molecule has 136 valence electrons. The number of aliphatic imine (C=N–C) groups is 1. The van der Waals surface area contributed by atoms with Crippen molar-refractivity contribution in [1.82, 2.24) is 9.62 Å². The summed E-state index contributed by atoms with van der Waals surface area (Å²) in [5.41, 5.74) is 1.06. The topological polar surface area (TPSA) is 61.8 Å². The first kappa shape index (κ1) is 18.1. The molecule has 0 saturated carbocycles. The third-order valence-electron chi connectivity index (χ3n) is 4.69. The number of halogens is 1. The minimum atomic E-state index is -3.65. The molecule has 1 aromatic rings. The van der Waals surface area contributed by atoms with Crippen LogP contribution in [0.25, 0.3) is 4.91 Å². The molecule has 5 nitrogen and oxygen atoms in total. The Morgan fingerprint density at radius 1 is 1.12 bits per heavy atom. The zero-order chi connectivity index (χ0) is 17.9. The van der Waals surface area contributed by atoms with Crippen LogP contribution >= 0.6 is 0 Å². The fourth-order valence-corrected chi connectivity index (χ4v) is 4.87. The van der Waals surface area contributed by atoms with Crippen LogP contribution in [0.15, 0.2) is 34.8 Å². The summed E-state index contributed by atoms with van der Waals surface area (Å²) in [7, 11) is -3.65. The van der Waals surface area contributed by atoms with Crippen molar-refractivity contribution in [3.63, 3.8) is 0 Å². The highest BCUT2D eigenvalue weighted by atomic mass is 32.2. The van der Waals surface area contributed by atoms with E-state index in [0.29, 0.717) is 23.5 Å². The fourth-order valence-electron chi connectivity index (χ4n) is 3.35. The Morgan fingerprint density at radius 3 is 2.40 bits per heavy atom. The minimum Gasteiger partial charge on any atom is -0.301 e. The molecule has 0 amide bonds. The van der Waals surface area contributed by atoms with E-state index in [1.54, 1.807) is 6.92 Å². The molecule has 0 unspecified atom stereocenters. The van der Waals surface area contributed by atoms with E-state index < -0.39 is 15.8 Å². The summed E-state index contributed by atoms with van der Waals surface area (Å²) in [6.45, 7) is 5.32. The Bertz CT molecular complexity index is 777. The number of benzene rings is 1. The summed E-state index contributed by atoms with van der Waals surface area (Å²) in [5, 5.41) is 0. The maximum atomic E-state index is 13.1. The monoisotopic (exact) mass is 365 g/mol. The fraction of sp³-hybridized carbons (Fsp3) is 0.500. The zero-order valence-electron chi connectivity index (χ0n) is 14.5. The Balaban J connectivity index is 1.75. The summed E-state index contributed by atoms with van der Waals surface area (Å²) in [4.78, 5) is 7.04. The van der Waals surface area contributed by atoms with Gasteiger partial charge in [0.15, 0.2) is 0 Å². The van der Waals surface area contributed by atoms with Gasteiger partial charge in [-0.05, 0) is 50.6 Å². The molecule has 0 aromatic heterocycles. The van der Waals surface area contributed by atoms with Crippen LogP contribution < -0.4 is 4.72 Å². The van der Waals surface area contributed by atoms with Crippen LogP contribution in [-0.4, -0.2) is 45.3 Å². The largest absolute Gasteiger partial charge is 0.301 e. The lowest BCUT2D eigenvalue weighted by molar-refractivity contribution is 0.293. The van der Waals surface area contributed by atoms with Gasteiger partial charge in [0.2, 0.25) is 0 Å². The van der Waals surface area contributed by atoms with E-state index in [1.165, 1.54) is 49.9 Å². The number of likely N-dealkylation sites (tertiary alicyclic amines) is 1. The van der Waals surface area contributed by atoms with Crippen molar-refractivity contribution in [1.29, 1.82) is 0 Å². The molecule has 1 fully saturated rings. The van der Waals surface area contributed by atoms with Gasteiger partial charge in [-0.15, -0.1) is 0 Å². The second kappa shape index (κ2) is 7.66. The molecule has 1 aromatic carbocycles. The first-order chi connectivity index (χ1) is 12.0. The molecule has 1 saturated heterocycles. The molecule has 0 bridgehead atoms. The van der Waals surface area contributed by atoms with Gasteiger partial charge < -0.3 is 4.90 Å². The van der Waals surface area contributed by atoms with Gasteiger partial charge >= 0.3 is 0 Å². The minimum absolute atomic E-state index is 0.182. The second-order valence-corrected chi connectivity index (χ2v) is 8.17. The molecule has 25 heavy (non-hydrogen) atoms. The van der Waals surface area contributed by atoms with Crippen molar-refractivity contribution in [3.05, 3.63) is 41.2 Å². The lowest BCUT2D eigenvalue weighted by Crippen LogP contribution is -2.29. The van der Waals surface area contributed by atoms with Crippen LogP contribution in [0.5, 0.6) is 0 Å². The smallest absolute Gasteiger partial charge is 0.264 e. The van der Waals surface area contributed by atoms with Gasteiger partial charge in [-0.25, -0.2) is 12.8 Å². The molecule has 3 rings (SSSR count). The lowest BCUT2D eigenvalue weighted by Gasteiger charge is -2.18. The number of nitrogens with one attached hydrogen (secondary N) is 1. The van der Waals surface area contributed by atoms with E-state index >= 15 is 0 Å². The summed E-state index contributed by atoms with van der Waals surface area (Å²) in [5.74, 6) is 0.00541. The molecule has 7 heteroatoms. The first-order valence-corrected chi connectivity index (χ1v) is 10.2. The number of hydrogen-bond donors (Lipinski definition) is 1. The molecule has 0 radical (unpaired) electrons. The van der Waals surface area contributed by atoms with Gasteiger partial charge in [0.1, 0.15) is 16.6 Å². The van der Waals surface area contributed by atoms with E-state index in [-0.39, 0.29) is 4.91 Å². The van der Waals surface area contributed by atoms with Crippen molar-refractivity contribution in [3.8, 4) is 0 Å². The molecule has 2 heterocycles. The van der Waals surface area contributed by atoms with E-state index in [9.17, 15) is 12.8 Å². The predicted molar refractivity (Wildman–Crippen MR) is 98.3 cm³/mol. The van der Waals surface area contributed by atoms with E-state index in [0.717, 1.165) is 19.6 Å². The van der Waals surface area contributed by atoms with Gasteiger partial charge in [-0.3, -0.25) is 9.71 Å². The number of nitrogens with zero attached hydrogens (tertiary/aromatic N) is 2. The van der Waals surface area contributed by atoms with Gasteiger partial charge in [0.25, 0.3) is 10.0 Å². The maximum absolute atomic E-state index is 13.1. The van der Waals surface area contributed by atoms with Gasteiger partial charge in [0, 0.05) is 12.1 Å². The zero-order valence-corrected chi connectivity index (χ0v) is 15.3. The molecular weight excluding hydrogens is 341 g/mol. The second-order valence-electron chi connectivity index (χ2n) is 6.55. The highest BCUT2D eigenvalue weighted by molar-refractivity contribution is 8.00. The molecule has 2 aliphatic heterocycles. The number of rotatable bonds is 4. The molecule has 1 N–H and O–H groups in total. The van der Waals surface area contributed by atoms with Crippen LogP contribution in [0.1, 0.15) is 38.2 Å².